The maximum Gasteiger partial charge on any atom is 0.268 e. The van der Waals surface area contributed by atoms with Crippen LogP contribution in [0.1, 0.15) is 13.8 Å². The molecule has 1 heterocycles. The molecule has 0 unspecified atom stereocenters. The summed E-state index contributed by atoms with van der Waals surface area (Å²) in [4.78, 5) is -0.204. The quantitative estimate of drug-likeness (QED) is 0.776. The highest BCUT2D eigenvalue weighted by atomic mass is 35.7. The fourth-order valence-electron chi connectivity index (χ4n) is 1.63. The zero-order valence-corrected chi connectivity index (χ0v) is 11.1. The molecule has 17 heavy (non-hydrogen) atoms. The number of benzene rings is 1. The van der Waals surface area contributed by atoms with Crippen molar-refractivity contribution in [1.82, 2.24) is 0 Å². The molecule has 0 fully saturated rings. The van der Waals surface area contributed by atoms with Crippen molar-refractivity contribution in [2.45, 2.75) is 24.5 Å². The van der Waals surface area contributed by atoms with Crippen LogP contribution in [0, 0.1) is 0 Å². The summed E-state index contributed by atoms with van der Waals surface area (Å²) in [6.07, 6.45) is 0. The summed E-state index contributed by atoms with van der Waals surface area (Å²) in [6, 6.07) is 3.05. The second-order valence-corrected chi connectivity index (χ2v) is 6.47. The summed E-state index contributed by atoms with van der Waals surface area (Å²) in [6.45, 7) is 3.34. The van der Waals surface area contributed by atoms with E-state index in [1.165, 1.54) is 13.2 Å². The molecule has 5 nitrogen and oxygen atoms in total. The summed E-state index contributed by atoms with van der Waals surface area (Å²) in [5, 5.41) is 0. The first-order valence-corrected chi connectivity index (χ1v) is 7.09. The van der Waals surface area contributed by atoms with Gasteiger partial charge in [-0.3, -0.25) is 0 Å². The standard InChI is InChI=1S/C10H11ClO5S/c1-10(2)15-6-4-5-7(14-3)9(8(6)16-10)17(11,12)13/h4-5H,1-3H3. The van der Waals surface area contributed by atoms with Gasteiger partial charge in [-0.1, -0.05) is 0 Å². The Labute approximate surface area is 104 Å². The maximum atomic E-state index is 11.5. The zero-order chi connectivity index (χ0) is 12.8. The molecule has 1 aromatic rings. The minimum atomic E-state index is -3.98. The van der Waals surface area contributed by atoms with Gasteiger partial charge in [0.2, 0.25) is 5.79 Å². The Kier molecular flexibility index (Phi) is 2.67. The lowest BCUT2D eigenvalue weighted by molar-refractivity contribution is -0.0442. The van der Waals surface area contributed by atoms with Gasteiger partial charge in [-0.2, -0.15) is 0 Å². The molecule has 0 N–H and O–H groups in total. The third-order valence-electron chi connectivity index (χ3n) is 2.21. The van der Waals surface area contributed by atoms with Crippen LogP contribution in [-0.4, -0.2) is 21.3 Å². The smallest absolute Gasteiger partial charge is 0.268 e. The number of fused-ring (bicyclic) bond motifs is 1. The van der Waals surface area contributed by atoms with Crippen molar-refractivity contribution in [3.63, 3.8) is 0 Å². The van der Waals surface area contributed by atoms with Gasteiger partial charge in [0.25, 0.3) is 9.05 Å². The molecule has 0 radical (unpaired) electrons. The number of hydrogen-bond acceptors (Lipinski definition) is 5. The third-order valence-corrected chi connectivity index (χ3v) is 3.54. The third kappa shape index (κ3) is 2.14. The van der Waals surface area contributed by atoms with Crippen molar-refractivity contribution >= 4 is 19.7 Å². The topological polar surface area (TPSA) is 61.8 Å². The van der Waals surface area contributed by atoms with Crippen LogP contribution in [0.2, 0.25) is 0 Å². The van der Waals surface area contributed by atoms with Crippen molar-refractivity contribution in [2.75, 3.05) is 7.11 Å². The monoisotopic (exact) mass is 278 g/mol. The van der Waals surface area contributed by atoms with E-state index in [1.54, 1.807) is 19.9 Å². The highest BCUT2D eigenvalue weighted by Gasteiger charge is 2.38. The van der Waals surface area contributed by atoms with E-state index in [4.69, 9.17) is 24.9 Å². The van der Waals surface area contributed by atoms with Crippen molar-refractivity contribution in [3.8, 4) is 17.2 Å². The predicted octanol–water partition coefficient (Wildman–Crippen LogP) is 2.13. The number of hydrogen-bond donors (Lipinski definition) is 0. The van der Waals surface area contributed by atoms with Gasteiger partial charge in [-0.05, 0) is 12.1 Å². The summed E-state index contributed by atoms with van der Waals surface area (Å²) < 4.78 is 38.9. The Morgan fingerprint density at radius 1 is 1.29 bits per heavy atom. The molecular weight excluding hydrogens is 268 g/mol. The molecule has 0 saturated carbocycles. The van der Waals surface area contributed by atoms with Gasteiger partial charge in [0.15, 0.2) is 16.4 Å². The van der Waals surface area contributed by atoms with Gasteiger partial charge >= 0.3 is 0 Å². The second kappa shape index (κ2) is 3.68. The zero-order valence-electron chi connectivity index (χ0n) is 9.48. The van der Waals surface area contributed by atoms with Crippen LogP contribution in [0.15, 0.2) is 17.0 Å². The molecule has 0 bridgehead atoms. The lowest BCUT2D eigenvalue weighted by Gasteiger charge is -2.16. The summed E-state index contributed by atoms with van der Waals surface area (Å²) in [5.74, 6) is -0.384. The average molecular weight is 279 g/mol. The van der Waals surface area contributed by atoms with E-state index >= 15 is 0 Å². The van der Waals surface area contributed by atoms with Crippen molar-refractivity contribution in [2.24, 2.45) is 0 Å². The van der Waals surface area contributed by atoms with E-state index in [2.05, 4.69) is 0 Å². The van der Waals surface area contributed by atoms with Crippen LogP contribution in [0.5, 0.6) is 17.2 Å². The highest BCUT2D eigenvalue weighted by molar-refractivity contribution is 8.14. The molecule has 1 aliphatic heterocycles. The molecule has 7 heteroatoms. The second-order valence-electron chi connectivity index (χ2n) is 3.97. The molecule has 2 rings (SSSR count). The number of ether oxygens (including phenoxy) is 3. The normalized spacial score (nSPS) is 16.9. The number of halogens is 1. The van der Waals surface area contributed by atoms with Crippen molar-refractivity contribution < 1.29 is 22.6 Å². The van der Waals surface area contributed by atoms with Crippen molar-refractivity contribution in [1.29, 1.82) is 0 Å². The molecule has 94 valence electrons. The van der Waals surface area contributed by atoms with Gasteiger partial charge in [0, 0.05) is 24.5 Å². The van der Waals surface area contributed by atoms with Crippen LogP contribution >= 0.6 is 10.7 Å². The van der Waals surface area contributed by atoms with Gasteiger partial charge in [-0.25, -0.2) is 8.42 Å². The fourth-order valence-corrected chi connectivity index (χ4v) is 2.82. The van der Waals surface area contributed by atoms with Gasteiger partial charge < -0.3 is 14.2 Å². The Bertz CT molecular complexity index is 564. The van der Waals surface area contributed by atoms with Crippen LogP contribution in [0.4, 0.5) is 0 Å². The summed E-state index contributed by atoms with van der Waals surface area (Å²) in [7, 11) is 2.75. The van der Waals surface area contributed by atoms with Gasteiger partial charge in [0.1, 0.15) is 5.75 Å². The Morgan fingerprint density at radius 2 is 1.94 bits per heavy atom. The van der Waals surface area contributed by atoms with Crippen molar-refractivity contribution in [3.05, 3.63) is 12.1 Å². The SMILES string of the molecule is COc1ccc2c(c1S(=O)(=O)Cl)OC(C)(C)O2. The molecule has 0 saturated heterocycles. The van der Waals surface area contributed by atoms with Gasteiger partial charge in [-0.15, -0.1) is 0 Å². The van der Waals surface area contributed by atoms with Crippen LogP contribution in [0.3, 0.4) is 0 Å². The Balaban J connectivity index is 2.70. The van der Waals surface area contributed by atoms with Crippen LogP contribution in [-0.2, 0) is 9.05 Å². The highest BCUT2D eigenvalue weighted by Crippen LogP contribution is 2.48. The van der Waals surface area contributed by atoms with E-state index in [-0.39, 0.29) is 16.4 Å². The van der Waals surface area contributed by atoms with E-state index in [0.29, 0.717) is 5.75 Å². The largest absolute Gasteiger partial charge is 0.495 e. The number of rotatable bonds is 2. The number of methoxy groups -OCH3 is 1. The molecule has 0 atom stereocenters. The van der Waals surface area contributed by atoms with Crippen LogP contribution < -0.4 is 14.2 Å². The fraction of sp³-hybridized carbons (Fsp3) is 0.400. The van der Waals surface area contributed by atoms with Gasteiger partial charge in [0.05, 0.1) is 7.11 Å². The molecule has 0 spiro atoms. The molecule has 1 aliphatic rings. The molecule has 0 aromatic heterocycles. The van der Waals surface area contributed by atoms with E-state index in [9.17, 15) is 8.42 Å². The Hall–Kier alpha value is -1.14. The maximum absolute atomic E-state index is 11.5. The minimum absolute atomic E-state index is 0.0874. The Morgan fingerprint density at radius 3 is 2.47 bits per heavy atom. The lowest BCUT2D eigenvalue weighted by atomic mass is 10.3. The lowest BCUT2D eigenvalue weighted by Crippen LogP contribution is -2.29. The van der Waals surface area contributed by atoms with E-state index < -0.39 is 14.8 Å². The molecule has 1 aromatic carbocycles. The van der Waals surface area contributed by atoms with E-state index in [0.717, 1.165) is 0 Å². The first kappa shape index (κ1) is 12.3. The predicted molar refractivity (Wildman–Crippen MR) is 61.4 cm³/mol. The first-order valence-electron chi connectivity index (χ1n) is 4.78. The molecule has 0 amide bonds. The summed E-state index contributed by atoms with van der Waals surface area (Å²) in [5.41, 5.74) is 0. The average Bonchev–Trinajstić information content (AvgIpc) is 2.47. The molecule has 0 aliphatic carbocycles. The van der Waals surface area contributed by atoms with E-state index in [1.807, 2.05) is 0 Å². The first-order chi connectivity index (χ1) is 7.74. The summed E-state index contributed by atoms with van der Waals surface area (Å²) >= 11 is 0. The molecular formula is C10H11ClO5S. The van der Waals surface area contributed by atoms with Crippen LogP contribution in [0.25, 0.3) is 0 Å². The minimum Gasteiger partial charge on any atom is -0.495 e.